The summed E-state index contributed by atoms with van der Waals surface area (Å²) >= 11 is 0. The summed E-state index contributed by atoms with van der Waals surface area (Å²) in [6, 6.07) is 7.63. The highest BCUT2D eigenvalue weighted by molar-refractivity contribution is 5.96. The second-order valence-electron chi connectivity index (χ2n) is 7.05. The zero-order chi connectivity index (χ0) is 23.1. The van der Waals surface area contributed by atoms with E-state index in [0.29, 0.717) is 29.9 Å². The number of aryl methyl sites for hydroxylation is 2. The van der Waals surface area contributed by atoms with Crippen LogP contribution in [0.2, 0.25) is 0 Å². The monoisotopic (exact) mass is 440 g/mol. The second kappa shape index (κ2) is 10.4. The quantitative estimate of drug-likeness (QED) is 0.479. The standard InChI is InChI=1S/C22H24N4O6/c1-31-18(27)8-7-17(22(30)32-2)25-20(28)15-5-3-14(4-6-15)10-12-26-13-24-19-16(21(26)29)9-11-23-19/h3-6,9,11,13,17,29H,7-8,10,12H2,1-2H3,(H,25,28)/t17-/m0/s1. The van der Waals surface area contributed by atoms with Crippen molar-refractivity contribution in [3.8, 4) is 17.3 Å². The Balaban J connectivity index is 1.60. The van der Waals surface area contributed by atoms with Crippen LogP contribution in [0.1, 0.15) is 28.8 Å². The number of hydrogen-bond donors (Lipinski definition) is 2. The number of nitrogens with zero attached hydrogens (tertiary/aromatic N) is 3. The fraction of sp³-hybridized carbons (Fsp3) is 0.318. The largest absolute Gasteiger partial charge is 0.494 e. The molecule has 0 unspecified atom stereocenters. The smallest absolute Gasteiger partial charge is 0.328 e. The van der Waals surface area contributed by atoms with Crippen molar-refractivity contribution < 1.29 is 29.0 Å². The van der Waals surface area contributed by atoms with Crippen molar-refractivity contribution in [1.82, 2.24) is 19.9 Å². The fourth-order valence-electron chi connectivity index (χ4n) is 3.17. The number of methoxy groups -OCH3 is 2. The molecule has 2 N–H and O–H groups in total. The summed E-state index contributed by atoms with van der Waals surface area (Å²) in [5.41, 5.74) is 1.90. The molecule has 0 fully saturated rings. The van der Waals surface area contributed by atoms with Crippen LogP contribution in [0.25, 0.3) is 11.4 Å². The van der Waals surface area contributed by atoms with E-state index in [2.05, 4.69) is 20.0 Å². The molecular weight excluding hydrogens is 416 g/mol. The molecule has 10 nitrogen and oxygen atoms in total. The average molecular weight is 440 g/mol. The maximum absolute atomic E-state index is 12.5. The first-order valence-electron chi connectivity index (χ1n) is 9.96. The third-order valence-electron chi connectivity index (χ3n) is 5.02. The fourth-order valence-corrected chi connectivity index (χ4v) is 3.17. The minimum atomic E-state index is -0.959. The molecule has 0 radical (unpaired) electrons. The van der Waals surface area contributed by atoms with Gasteiger partial charge in [0.05, 0.1) is 26.1 Å². The van der Waals surface area contributed by atoms with Crippen LogP contribution in [0.3, 0.4) is 0 Å². The van der Waals surface area contributed by atoms with Crippen LogP contribution in [0, 0.1) is 0 Å². The van der Waals surface area contributed by atoms with Crippen LogP contribution in [0.5, 0.6) is 5.88 Å². The Kier molecular flexibility index (Phi) is 7.37. The van der Waals surface area contributed by atoms with Crippen molar-refractivity contribution in [2.45, 2.75) is 31.8 Å². The summed E-state index contributed by atoms with van der Waals surface area (Å²) in [5, 5.41) is 12.9. The number of esters is 2. The van der Waals surface area contributed by atoms with E-state index in [4.69, 9.17) is 4.74 Å². The Morgan fingerprint density at radius 2 is 1.84 bits per heavy atom. The number of amides is 1. The van der Waals surface area contributed by atoms with Crippen LogP contribution >= 0.6 is 0 Å². The van der Waals surface area contributed by atoms with E-state index < -0.39 is 23.9 Å². The zero-order valence-electron chi connectivity index (χ0n) is 17.8. The molecule has 10 heteroatoms. The Bertz CT molecular complexity index is 1060. The van der Waals surface area contributed by atoms with Gasteiger partial charge in [0.15, 0.2) is 5.82 Å². The number of carbonyl (C=O) groups excluding carboxylic acids is 3. The van der Waals surface area contributed by atoms with E-state index in [1.54, 1.807) is 41.1 Å². The topological polar surface area (TPSA) is 133 Å². The Hall–Kier alpha value is -3.95. The van der Waals surface area contributed by atoms with Gasteiger partial charge in [0.1, 0.15) is 6.04 Å². The summed E-state index contributed by atoms with van der Waals surface area (Å²) < 4.78 is 10.9. The lowest BCUT2D eigenvalue weighted by Gasteiger charge is -2.16. The van der Waals surface area contributed by atoms with Gasteiger partial charge >= 0.3 is 11.9 Å². The number of aromatic hydroxyl groups is 1. The molecule has 0 aliphatic carbocycles. The number of rotatable bonds is 9. The first kappa shape index (κ1) is 22.7. The van der Waals surface area contributed by atoms with Gasteiger partial charge in [-0.3, -0.25) is 9.59 Å². The summed E-state index contributed by atoms with van der Waals surface area (Å²) in [4.78, 5) is 44.1. The van der Waals surface area contributed by atoms with Gasteiger partial charge in [-0.05, 0) is 36.6 Å². The van der Waals surface area contributed by atoms with Crippen molar-refractivity contribution in [3.05, 3.63) is 54.0 Å². The molecule has 2 aliphatic heterocycles. The van der Waals surface area contributed by atoms with Crippen LogP contribution in [-0.2, 0) is 32.0 Å². The minimum absolute atomic E-state index is 0.0264. The molecule has 2 heterocycles. The average Bonchev–Trinajstić information content (AvgIpc) is 3.30. The highest BCUT2D eigenvalue weighted by Gasteiger charge is 2.23. The van der Waals surface area contributed by atoms with Gasteiger partial charge in [0.25, 0.3) is 5.91 Å². The van der Waals surface area contributed by atoms with E-state index in [9.17, 15) is 19.5 Å². The van der Waals surface area contributed by atoms with E-state index in [1.165, 1.54) is 20.5 Å². The van der Waals surface area contributed by atoms with E-state index in [0.717, 1.165) is 5.56 Å². The van der Waals surface area contributed by atoms with Gasteiger partial charge < -0.3 is 24.5 Å². The molecule has 2 aliphatic rings. The molecule has 1 aromatic rings. The summed E-state index contributed by atoms with van der Waals surface area (Å²) in [6.45, 7) is 0.490. The van der Waals surface area contributed by atoms with E-state index >= 15 is 0 Å². The summed E-state index contributed by atoms with van der Waals surface area (Å²) in [5.74, 6) is -0.982. The Labute approximate surface area is 184 Å². The third kappa shape index (κ3) is 5.39. The third-order valence-corrected chi connectivity index (χ3v) is 5.02. The second-order valence-corrected chi connectivity index (χ2v) is 7.05. The van der Waals surface area contributed by atoms with E-state index in [1.807, 2.05) is 0 Å². The molecule has 0 aromatic heterocycles. The summed E-state index contributed by atoms with van der Waals surface area (Å²) in [6.07, 6.45) is 3.77. The molecular formula is C22H24N4O6. The number of ether oxygens (including phenoxy) is 2. The molecule has 0 bridgehead atoms. The van der Waals surface area contributed by atoms with Gasteiger partial charge in [-0.2, -0.15) is 0 Å². The molecule has 0 spiro atoms. The van der Waals surface area contributed by atoms with Crippen LogP contribution in [0.15, 0.2) is 42.9 Å². The summed E-state index contributed by atoms with van der Waals surface area (Å²) in [7, 11) is 2.47. The highest BCUT2D eigenvalue weighted by Crippen LogP contribution is 2.27. The molecule has 3 rings (SSSR count). The Morgan fingerprint density at radius 3 is 2.53 bits per heavy atom. The first-order valence-corrected chi connectivity index (χ1v) is 9.96. The minimum Gasteiger partial charge on any atom is -0.494 e. The number of nitrogens with one attached hydrogen (secondary N) is 1. The lowest BCUT2D eigenvalue weighted by atomic mass is 10.1. The lowest BCUT2D eigenvalue weighted by Crippen LogP contribution is -2.41. The molecule has 32 heavy (non-hydrogen) atoms. The van der Waals surface area contributed by atoms with Gasteiger partial charge in [-0.1, -0.05) is 12.1 Å². The maximum Gasteiger partial charge on any atom is 0.328 e. The predicted octanol–water partition coefficient (Wildman–Crippen LogP) is 1.56. The molecule has 1 aromatic carbocycles. The highest BCUT2D eigenvalue weighted by atomic mass is 16.5. The molecule has 168 valence electrons. The molecule has 1 atom stereocenters. The number of carbonyl (C=O) groups is 3. The van der Waals surface area contributed by atoms with Gasteiger partial charge in [0, 0.05) is 24.7 Å². The van der Waals surface area contributed by atoms with Gasteiger partial charge in [-0.15, -0.1) is 0 Å². The zero-order valence-corrected chi connectivity index (χ0v) is 17.8. The van der Waals surface area contributed by atoms with Crippen molar-refractivity contribution in [3.63, 3.8) is 0 Å². The predicted molar refractivity (Wildman–Crippen MR) is 113 cm³/mol. The maximum atomic E-state index is 12.5. The Morgan fingerprint density at radius 1 is 1.09 bits per heavy atom. The first-order chi connectivity index (χ1) is 15.4. The van der Waals surface area contributed by atoms with Gasteiger partial charge in [-0.25, -0.2) is 14.8 Å². The van der Waals surface area contributed by atoms with Crippen LogP contribution in [-0.4, -0.2) is 57.7 Å². The lowest BCUT2D eigenvalue weighted by molar-refractivity contribution is -0.144. The van der Waals surface area contributed by atoms with Crippen LogP contribution < -0.4 is 5.32 Å². The molecule has 1 amide bonds. The SMILES string of the molecule is COC(=O)CC[C@H](NC(=O)c1ccc(CCn2cnc3nccc-3c2O)cc1)C(=O)OC. The number of fused-ring (bicyclic) bond motifs is 1. The molecule has 0 saturated carbocycles. The molecule has 0 saturated heterocycles. The van der Waals surface area contributed by atoms with Crippen molar-refractivity contribution in [1.29, 1.82) is 0 Å². The van der Waals surface area contributed by atoms with E-state index in [-0.39, 0.29) is 18.7 Å². The van der Waals surface area contributed by atoms with Crippen molar-refractivity contribution in [2.75, 3.05) is 14.2 Å². The number of hydrogen-bond acceptors (Lipinski definition) is 8. The normalized spacial score (nSPS) is 11.7. The van der Waals surface area contributed by atoms with Crippen LogP contribution in [0.4, 0.5) is 0 Å². The number of aromatic nitrogens is 3. The van der Waals surface area contributed by atoms with Gasteiger partial charge in [0.2, 0.25) is 5.88 Å². The van der Waals surface area contributed by atoms with Crippen molar-refractivity contribution >= 4 is 17.8 Å². The van der Waals surface area contributed by atoms with Crippen molar-refractivity contribution in [2.24, 2.45) is 0 Å². The number of benzene rings is 1.